The zero-order chi connectivity index (χ0) is 21.7. The Labute approximate surface area is 197 Å². The fourth-order valence-electron chi connectivity index (χ4n) is 6.69. The lowest BCUT2D eigenvalue weighted by Crippen LogP contribution is -2.50. The summed E-state index contributed by atoms with van der Waals surface area (Å²) in [6.07, 6.45) is 7.39. The molecule has 7 rings (SSSR count). The highest BCUT2D eigenvalue weighted by Gasteiger charge is 2.54. The summed E-state index contributed by atoms with van der Waals surface area (Å²) >= 11 is 7.62. The maximum absolute atomic E-state index is 13.5. The van der Waals surface area contributed by atoms with E-state index in [1.807, 2.05) is 54.6 Å². The summed E-state index contributed by atoms with van der Waals surface area (Å²) in [7, 11) is 0. The molecule has 3 aromatic rings. The van der Waals surface area contributed by atoms with E-state index < -0.39 is 0 Å². The normalized spacial score (nSPS) is 28.2. The first-order valence-corrected chi connectivity index (χ1v) is 12.9. The Kier molecular flexibility index (Phi) is 5.14. The molecule has 164 valence electrons. The Morgan fingerprint density at radius 1 is 0.938 bits per heavy atom. The molecule has 4 aliphatic rings. The number of hydrogen-bond acceptors (Lipinski definition) is 4. The second-order valence-corrected chi connectivity index (χ2v) is 11.3. The maximum atomic E-state index is 13.5. The number of carbonyl (C=O) groups excluding carboxylic acids is 1. The van der Waals surface area contributed by atoms with Crippen LogP contribution in [0.15, 0.2) is 59.8 Å². The zero-order valence-corrected chi connectivity index (χ0v) is 19.5. The van der Waals surface area contributed by atoms with Crippen LogP contribution in [0.1, 0.15) is 38.5 Å². The first kappa shape index (κ1) is 20.5. The summed E-state index contributed by atoms with van der Waals surface area (Å²) in [4.78, 5) is 13.5. The summed E-state index contributed by atoms with van der Waals surface area (Å²) < 4.78 is 2.06. The van der Waals surface area contributed by atoms with Gasteiger partial charge in [-0.25, -0.2) is 0 Å². The van der Waals surface area contributed by atoms with Crippen LogP contribution in [0.25, 0.3) is 17.1 Å². The first-order chi connectivity index (χ1) is 15.6. The minimum Gasteiger partial charge on any atom is -0.298 e. The van der Waals surface area contributed by atoms with Gasteiger partial charge in [0.1, 0.15) is 5.78 Å². The molecule has 4 fully saturated rings. The molecular weight excluding hydrogens is 438 g/mol. The summed E-state index contributed by atoms with van der Waals surface area (Å²) in [5, 5.41) is 10.5. The Hall–Kier alpha value is -2.11. The summed E-state index contributed by atoms with van der Waals surface area (Å²) in [6, 6.07) is 17.8. The molecule has 32 heavy (non-hydrogen) atoms. The van der Waals surface area contributed by atoms with Gasteiger partial charge in [0, 0.05) is 21.7 Å². The molecular formula is C26H26ClN3OS. The highest BCUT2D eigenvalue weighted by molar-refractivity contribution is 7.99. The quantitative estimate of drug-likeness (QED) is 0.393. The number of hydrogen-bond donors (Lipinski definition) is 0. The van der Waals surface area contributed by atoms with Crippen LogP contribution < -0.4 is 0 Å². The monoisotopic (exact) mass is 463 g/mol. The number of Topliss-reactive ketones (excluding diaryl/α,β-unsaturated/α-hetero) is 1. The smallest absolute Gasteiger partial charge is 0.196 e. The van der Waals surface area contributed by atoms with Gasteiger partial charge in [0.15, 0.2) is 11.0 Å². The molecule has 2 aromatic carbocycles. The first-order valence-electron chi connectivity index (χ1n) is 11.5. The van der Waals surface area contributed by atoms with Crippen LogP contribution >= 0.6 is 23.4 Å². The van der Waals surface area contributed by atoms with E-state index >= 15 is 0 Å². The average Bonchev–Trinajstić information content (AvgIpc) is 3.21. The van der Waals surface area contributed by atoms with Crippen molar-refractivity contribution in [2.75, 3.05) is 5.75 Å². The van der Waals surface area contributed by atoms with Crippen LogP contribution in [-0.2, 0) is 4.79 Å². The van der Waals surface area contributed by atoms with Crippen molar-refractivity contribution in [1.29, 1.82) is 0 Å². The Bertz CT molecular complexity index is 1110. The predicted molar refractivity (Wildman–Crippen MR) is 128 cm³/mol. The van der Waals surface area contributed by atoms with Crippen LogP contribution in [0.5, 0.6) is 0 Å². The molecule has 6 heteroatoms. The van der Waals surface area contributed by atoms with Crippen molar-refractivity contribution in [3.8, 4) is 17.1 Å². The van der Waals surface area contributed by atoms with Crippen molar-refractivity contribution < 1.29 is 4.79 Å². The van der Waals surface area contributed by atoms with Crippen LogP contribution in [0.4, 0.5) is 0 Å². The van der Waals surface area contributed by atoms with Crippen LogP contribution in [0.2, 0.25) is 5.02 Å². The van der Waals surface area contributed by atoms with Crippen molar-refractivity contribution >= 4 is 29.1 Å². The van der Waals surface area contributed by atoms with E-state index in [2.05, 4.69) is 14.8 Å². The van der Waals surface area contributed by atoms with E-state index in [0.29, 0.717) is 16.6 Å². The molecule has 4 nitrogen and oxygen atoms in total. The number of ketones is 1. The molecule has 1 aromatic heterocycles. The largest absolute Gasteiger partial charge is 0.298 e. The van der Waals surface area contributed by atoms with Gasteiger partial charge in [0.25, 0.3) is 0 Å². The topological polar surface area (TPSA) is 47.8 Å². The third kappa shape index (κ3) is 3.60. The van der Waals surface area contributed by atoms with Gasteiger partial charge in [0.05, 0.1) is 5.75 Å². The van der Waals surface area contributed by atoms with Crippen LogP contribution in [0.3, 0.4) is 0 Å². The van der Waals surface area contributed by atoms with Gasteiger partial charge in [-0.3, -0.25) is 9.36 Å². The van der Waals surface area contributed by atoms with E-state index in [1.165, 1.54) is 31.0 Å². The number of halogens is 1. The lowest BCUT2D eigenvalue weighted by Gasteiger charge is -2.56. The summed E-state index contributed by atoms with van der Waals surface area (Å²) in [5.41, 5.74) is 1.87. The average molecular weight is 464 g/mol. The minimum atomic E-state index is -0.0711. The fraction of sp³-hybridized carbons (Fsp3) is 0.423. The molecule has 0 saturated heterocycles. The lowest BCUT2D eigenvalue weighted by molar-refractivity contribution is -0.141. The van der Waals surface area contributed by atoms with Crippen molar-refractivity contribution in [2.24, 2.45) is 23.2 Å². The number of rotatable bonds is 6. The molecule has 0 atom stereocenters. The van der Waals surface area contributed by atoms with E-state index in [9.17, 15) is 4.79 Å². The summed E-state index contributed by atoms with van der Waals surface area (Å²) in [6.45, 7) is 0. The molecule has 4 aliphatic carbocycles. The number of carbonyl (C=O) groups is 1. The number of thioether (sulfide) groups is 1. The molecule has 0 radical (unpaired) electrons. The van der Waals surface area contributed by atoms with Crippen molar-refractivity contribution in [3.63, 3.8) is 0 Å². The SMILES string of the molecule is O=C(CSc1nnc(-c2ccc(Cl)cc2)n1-c1ccccc1)C12CC3CC(CC(C3)C1)C2. The third-order valence-electron chi connectivity index (χ3n) is 7.71. The standard InChI is InChI=1S/C26H26ClN3OS/c27-21-8-6-20(7-9-21)24-28-29-25(30(24)22-4-2-1-3-5-22)32-16-23(31)26-13-17-10-18(14-26)12-19(11-17)15-26/h1-9,17-19H,10-16H2. The number of para-hydroxylation sites is 1. The van der Waals surface area contributed by atoms with Gasteiger partial charge in [-0.1, -0.05) is 41.6 Å². The minimum absolute atomic E-state index is 0.0711. The van der Waals surface area contributed by atoms with Crippen molar-refractivity contribution in [1.82, 2.24) is 14.8 Å². The Balaban J connectivity index is 1.28. The lowest BCUT2D eigenvalue weighted by atomic mass is 9.48. The number of nitrogens with zero attached hydrogens (tertiary/aromatic N) is 3. The Morgan fingerprint density at radius 2 is 1.56 bits per heavy atom. The van der Waals surface area contributed by atoms with Crippen LogP contribution in [-0.4, -0.2) is 26.3 Å². The molecule has 0 aliphatic heterocycles. The third-order valence-corrected chi connectivity index (χ3v) is 8.89. The molecule has 0 spiro atoms. The number of aromatic nitrogens is 3. The molecule has 0 amide bonds. The molecule has 4 saturated carbocycles. The van der Waals surface area contributed by atoms with Crippen LogP contribution in [0, 0.1) is 23.2 Å². The van der Waals surface area contributed by atoms with Gasteiger partial charge in [-0.05, 0) is 92.7 Å². The second kappa shape index (κ2) is 8.03. The van der Waals surface area contributed by atoms with Gasteiger partial charge >= 0.3 is 0 Å². The van der Waals surface area contributed by atoms with Gasteiger partial charge < -0.3 is 0 Å². The fourth-order valence-corrected chi connectivity index (χ4v) is 7.81. The highest BCUT2D eigenvalue weighted by atomic mass is 35.5. The van der Waals surface area contributed by atoms with Gasteiger partial charge in [-0.15, -0.1) is 10.2 Å². The molecule has 0 N–H and O–H groups in total. The van der Waals surface area contributed by atoms with Gasteiger partial charge in [0.2, 0.25) is 0 Å². The summed E-state index contributed by atoms with van der Waals surface area (Å²) in [5.74, 6) is 3.99. The van der Waals surface area contributed by atoms with Crippen molar-refractivity contribution in [3.05, 3.63) is 59.6 Å². The van der Waals surface area contributed by atoms with Gasteiger partial charge in [-0.2, -0.15) is 0 Å². The molecule has 1 heterocycles. The Morgan fingerprint density at radius 3 is 2.19 bits per heavy atom. The van der Waals surface area contributed by atoms with E-state index in [4.69, 9.17) is 11.6 Å². The zero-order valence-electron chi connectivity index (χ0n) is 17.9. The predicted octanol–water partition coefficient (Wildman–Crippen LogP) is 6.47. The van der Waals surface area contributed by atoms with Crippen molar-refractivity contribution in [2.45, 2.75) is 43.7 Å². The van der Waals surface area contributed by atoms with E-state index in [0.717, 1.165) is 59.2 Å². The highest BCUT2D eigenvalue weighted by Crippen LogP contribution is 2.60. The van der Waals surface area contributed by atoms with E-state index in [1.54, 1.807) is 0 Å². The molecule has 4 bridgehead atoms. The second-order valence-electron chi connectivity index (χ2n) is 9.89. The number of benzene rings is 2. The maximum Gasteiger partial charge on any atom is 0.196 e. The van der Waals surface area contributed by atoms with E-state index in [-0.39, 0.29) is 5.41 Å². The molecule has 0 unspecified atom stereocenters.